The molecule has 0 aromatic heterocycles. The van der Waals surface area contributed by atoms with Crippen molar-refractivity contribution >= 4 is 29.0 Å². The van der Waals surface area contributed by atoms with Gasteiger partial charge < -0.3 is 10.6 Å². The summed E-state index contributed by atoms with van der Waals surface area (Å²) >= 11 is 1.97. The van der Waals surface area contributed by atoms with E-state index in [9.17, 15) is 4.79 Å². The maximum Gasteiger partial charge on any atom is 0.224 e. The molecule has 0 heterocycles. The maximum absolute atomic E-state index is 11.2. The minimum absolute atomic E-state index is 0.0484. The van der Waals surface area contributed by atoms with Crippen LogP contribution < -0.4 is 10.6 Å². The first kappa shape index (κ1) is 14.9. The third-order valence-corrected chi connectivity index (χ3v) is 3.47. The lowest BCUT2D eigenvalue weighted by atomic mass is 10.2. The molecular weight excluding hydrogens is 244 g/mol. The molecule has 3 nitrogen and oxygen atoms in total. The summed E-state index contributed by atoms with van der Waals surface area (Å²) in [6.07, 6.45) is 1.68. The van der Waals surface area contributed by atoms with E-state index in [4.69, 9.17) is 0 Å². The van der Waals surface area contributed by atoms with Crippen LogP contribution in [0, 0.1) is 0 Å². The normalized spacial score (nSPS) is 10.1. The highest BCUT2D eigenvalue weighted by Gasteiger charge is 1.98. The molecule has 1 amide bonds. The second-order valence-electron chi connectivity index (χ2n) is 3.96. The molecule has 1 aromatic carbocycles. The fourth-order valence-corrected chi connectivity index (χ4v) is 2.11. The van der Waals surface area contributed by atoms with Gasteiger partial charge in [-0.05, 0) is 42.2 Å². The van der Waals surface area contributed by atoms with Gasteiger partial charge in [0.05, 0.1) is 0 Å². The highest BCUT2D eigenvalue weighted by atomic mass is 32.2. The predicted octanol–water partition coefficient (Wildman–Crippen LogP) is 3.59. The van der Waals surface area contributed by atoms with Gasteiger partial charge in [-0.2, -0.15) is 11.8 Å². The molecule has 0 fully saturated rings. The van der Waals surface area contributed by atoms with Crippen LogP contribution in [0.25, 0.3) is 0 Å². The molecule has 0 unspecified atom stereocenters. The van der Waals surface area contributed by atoms with Gasteiger partial charge in [-0.3, -0.25) is 4.79 Å². The minimum atomic E-state index is 0.0484. The molecule has 0 spiro atoms. The summed E-state index contributed by atoms with van der Waals surface area (Å²) < 4.78 is 0. The van der Waals surface area contributed by atoms with E-state index in [0.29, 0.717) is 6.42 Å². The summed E-state index contributed by atoms with van der Waals surface area (Å²) in [6.45, 7) is 5.02. The van der Waals surface area contributed by atoms with Crippen LogP contribution in [-0.4, -0.2) is 24.0 Å². The van der Waals surface area contributed by atoms with Crippen LogP contribution in [0.3, 0.4) is 0 Å². The zero-order valence-electron chi connectivity index (χ0n) is 11.2. The topological polar surface area (TPSA) is 41.1 Å². The Hall–Kier alpha value is -1.16. The molecule has 1 rings (SSSR count). The van der Waals surface area contributed by atoms with Crippen molar-refractivity contribution < 1.29 is 4.79 Å². The predicted molar refractivity (Wildman–Crippen MR) is 81.5 cm³/mol. The lowest BCUT2D eigenvalue weighted by molar-refractivity contribution is -0.115. The van der Waals surface area contributed by atoms with E-state index in [1.54, 1.807) is 0 Å². The van der Waals surface area contributed by atoms with E-state index in [1.807, 2.05) is 43.0 Å². The largest absolute Gasteiger partial charge is 0.385 e. The second-order valence-corrected chi connectivity index (χ2v) is 5.35. The van der Waals surface area contributed by atoms with Crippen LogP contribution in [-0.2, 0) is 4.79 Å². The second kappa shape index (κ2) is 8.86. The summed E-state index contributed by atoms with van der Waals surface area (Å²) in [5.74, 6) is 2.44. The first-order valence-corrected chi connectivity index (χ1v) is 7.63. The molecule has 18 heavy (non-hydrogen) atoms. The van der Waals surface area contributed by atoms with Gasteiger partial charge in [-0.15, -0.1) is 0 Å². The zero-order chi connectivity index (χ0) is 13.2. The first-order chi connectivity index (χ1) is 8.76. The summed E-state index contributed by atoms with van der Waals surface area (Å²) in [6, 6.07) is 7.85. The molecule has 0 aliphatic carbocycles. The highest BCUT2D eigenvalue weighted by Crippen LogP contribution is 2.14. The third kappa shape index (κ3) is 5.96. The molecule has 2 N–H and O–H groups in total. The summed E-state index contributed by atoms with van der Waals surface area (Å²) in [5, 5.41) is 6.20. The lowest BCUT2D eigenvalue weighted by Crippen LogP contribution is -2.09. The van der Waals surface area contributed by atoms with Crippen molar-refractivity contribution in [2.45, 2.75) is 26.7 Å². The molecule has 0 aliphatic heterocycles. The molecule has 0 atom stereocenters. The number of hydrogen-bond acceptors (Lipinski definition) is 3. The van der Waals surface area contributed by atoms with Crippen molar-refractivity contribution in [2.75, 3.05) is 28.7 Å². The Kier molecular flexibility index (Phi) is 7.34. The number of carbonyl (C=O) groups excluding carboxylic acids is 1. The number of benzene rings is 1. The molecule has 100 valence electrons. The van der Waals surface area contributed by atoms with Crippen LogP contribution in [0.15, 0.2) is 24.3 Å². The number of nitrogens with one attached hydrogen (secondary N) is 2. The number of rotatable bonds is 8. The minimum Gasteiger partial charge on any atom is -0.385 e. The van der Waals surface area contributed by atoms with E-state index in [1.165, 1.54) is 17.9 Å². The Bertz CT molecular complexity index is 351. The molecule has 1 aromatic rings. The van der Waals surface area contributed by atoms with Crippen molar-refractivity contribution in [3.05, 3.63) is 24.3 Å². The van der Waals surface area contributed by atoms with Crippen LogP contribution in [0.2, 0.25) is 0 Å². The Labute approximate surface area is 114 Å². The summed E-state index contributed by atoms with van der Waals surface area (Å²) in [7, 11) is 0. The van der Waals surface area contributed by atoms with Crippen molar-refractivity contribution in [1.29, 1.82) is 0 Å². The number of amides is 1. The van der Waals surface area contributed by atoms with Gasteiger partial charge in [0.25, 0.3) is 0 Å². The number of hydrogen-bond donors (Lipinski definition) is 2. The summed E-state index contributed by atoms with van der Waals surface area (Å²) in [5.41, 5.74) is 1.96. The standard InChI is InChI=1S/C14H22N2OS/c1-3-14(17)16-13-8-6-12(7-9-13)15-10-5-11-18-4-2/h6-9,15H,3-5,10-11H2,1-2H3,(H,16,17). The summed E-state index contributed by atoms with van der Waals surface area (Å²) in [4.78, 5) is 11.2. The average Bonchev–Trinajstić information content (AvgIpc) is 2.40. The molecule has 0 saturated heterocycles. The Morgan fingerprint density at radius 1 is 1.17 bits per heavy atom. The van der Waals surface area contributed by atoms with E-state index in [2.05, 4.69) is 17.6 Å². The monoisotopic (exact) mass is 266 g/mol. The molecule has 0 bridgehead atoms. The quantitative estimate of drug-likeness (QED) is 0.706. The van der Waals surface area contributed by atoms with Gasteiger partial charge in [-0.1, -0.05) is 13.8 Å². The van der Waals surface area contributed by atoms with Crippen molar-refractivity contribution in [1.82, 2.24) is 0 Å². The van der Waals surface area contributed by atoms with Gasteiger partial charge in [0.2, 0.25) is 5.91 Å². The van der Waals surface area contributed by atoms with E-state index >= 15 is 0 Å². The van der Waals surface area contributed by atoms with Crippen LogP contribution in [0.4, 0.5) is 11.4 Å². The zero-order valence-corrected chi connectivity index (χ0v) is 12.0. The first-order valence-electron chi connectivity index (χ1n) is 6.47. The Morgan fingerprint density at radius 2 is 1.83 bits per heavy atom. The average molecular weight is 266 g/mol. The smallest absolute Gasteiger partial charge is 0.224 e. The Balaban J connectivity index is 2.29. The van der Waals surface area contributed by atoms with Crippen molar-refractivity contribution in [3.8, 4) is 0 Å². The van der Waals surface area contributed by atoms with Gasteiger partial charge in [-0.25, -0.2) is 0 Å². The van der Waals surface area contributed by atoms with Crippen molar-refractivity contribution in [2.24, 2.45) is 0 Å². The van der Waals surface area contributed by atoms with Gasteiger partial charge in [0, 0.05) is 24.3 Å². The Morgan fingerprint density at radius 3 is 2.44 bits per heavy atom. The van der Waals surface area contributed by atoms with Crippen LogP contribution >= 0.6 is 11.8 Å². The fourth-order valence-electron chi connectivity index (χ4n) is 1.47. The van der Waals surface area contributed by atoms with Gasteiger partial charge in [0.1, 0.15) is 0 Å². The van der Waals surface area contributed by atoms with E-state index in [-0.39, 0.29) is 5.91 Å². The molecule has 0 aliphatic rings. The highest BCUT2D eigenvalue weighted by molar-refractivity contribution is 7.99. The molecule has 0 radical (unpaired) electrons. The van der Waals surface area contributed by atoms with Crippen molar-refractivity contribution in [3.63, 3.8) is 0 Å². The third-order valence-electron chi connectivity index (χ3n) is 2.49. The fraction of sp³-hybridized carbons (Fsp3) is 0.500. The maximum atomic E-state index is 11.2. The number of anilines is 2. The van der Waals surface area contributed by atoms with Crippen LogP contribution in [0.5, 0.6) is 0 Å². The molecule has 4 heteroatoms. The number of carbonyl (C=O) groups is 1. The SMILES string of the molecule is CCSCCCNc1ccc(NC(=O)CC)cc1. The molecule has 0 saturated carbocycles. The number of thioether (sulfide) groups is 1. The lowest BCUT2D eigenvalue weighted by Gasteiger charge is -2.08. The molecular formula is C14H22N2OS. The van der Waals surface area contributed by atoms with E-state index < -0.39 is 0 Å². The van der Waals surface area contributed by atoms with Gasteiger partial charge in [0.15, 0.2) is 0 Å². The van der Waals surface area contributed by atoms with Crippen LogP contribution in [0.1, 0.15) is 26.7 Å². The van der Waals surface area contributed by atoms with E-state index in [0.717, 1.165) is 17.9 Å². The van der Waals surface area contributed by atoms with Gasteiger partial charge >= 0.3 is 0 Å².